The summed E-state index contributed by atoms with van der Waals surface area (Å²) in [5.74, 6) is 1.13. The van der Waals surface area contributed by atoms with E-state index in [2.05, 4.69) is 27.6 Å². The van der Waals surface area contributed by atoms with E-state index in [0.29, 0.717) is 23.6 Å². The molecule has 148 valence electrons. The van der Waals surface area contributed by atoms with Gasteiger partial charge in [0.1, 0.15) is 5.75 Å². The lowest BCUT2D eigenvalue weighted by molar-refractivity contribution is -0.274. The number of halogens is 3. The Kier molecular flexibility index (Phi) is 4.91. The normalized spacial score (nSPS) is 20.3. The molecule has 2 atom stereocenters. The molecule has 7 heteroatoms. The summed E-state index contributed by atoms with van der Waals surface area (Å²) in [6, 6.07) is 14.1. The highest BCUT2D eigenvalue weighted by Gasteiger charge is 2.31. The van der Waals surface area contributed by atoms with Gasteiger partial charge in [0, 0.05) is 11.7 Å². The van der Waals surface area contributed by atoms with Crippen LogP contribution in [0.2, 0.25) is 0 Å². The minimum atomic E-state index is -4.69. The van der Waals surface area contributed by atoms with Gasteiger partial charge in [0.2, 0.25) is 5.95 Å². The Morgan fingerprint density at radius 3 is 2.54 bits per heavy atom. The van der Waals surface area contributed by atoms with Crippen molar-refractivity contribution < 1.29 is 17.9 Å². The van der Waals surface area contributed by atoms with Gasteiger partial charge in [-0.15, -0.1) is 13.2 Å². The zero-order chi connectivity index (χ0) is 19.7. The first kappa shape index (κ1) is 18.7. The lowest BCUT2D eigenvalue weighted by Crippen LogP contribution is -2.19. The summed E-state index contributed by atoms with van der Waals surface area (Å²) in [6.45, 7) is 2.28. The van der Waals surface area contributed by atoms with E-state index in [4.69, 9.17) is 4.98 Å². The maximum Gasteiger partial charge on any atom is 0.573 e. The van der Waals surface area contributed by atoms with Crippen molar-refractivity contribution in [2.24, 2.45) is 5.92 Å². The summed E-state index contributed by atoms with van der Waals surface area (Å²) in [7, 11) is 0. The number of imidazole rings is 1. The van der Waals surface area contributed by atoms with Crippen molar-refractivity contribution in [1.82, 2.24) is 9.55 Å². The van der Waals surface area contributed by atoms with E-state index >= 15 is 0 Å². The van der Waals surface area contributed by atoms with E-state index in [9.17, 15) is 13.2 Å². The standard InChI is InChI=1S/C21H22F3N3O/c1-14-5-4-6-16(13-14)27-19-8-3-2-7-18(19)26-20(27)25-15-9-11-17(12-10-15)28-21(22,23)24/h2-3,7-12,14,16H,4-6,13H2,1H3,(H,25,26)/t14-,16+/m1/s1. The largest absolute Gasteiger partial charge is 0.573 e. The predicted molar refractivity (Wildman–Crippen MR) is 103 cm³/mol. The Labute approximate surface area is 161 Å². The van der Waals surface area contributed by atoms with Gasteiger partial charge in [0.25, 0.3) is 0 Å². The molecule has 4 rings (SSSR count). The van der Waals surface area contributed by atoms with Gasteiger partial charge in [-0.05, 0) is 55.2 Å². The summed E-state index contributed by atoms with van der Waals surface area (Å²) < 4.78 is 43.2. The van der Waals surface area contributed by atoms with Crippen molar-refractivity contribution in [2.75, 3.05) is 5.32 Å². The number of ether oxygens (including phenoxy) is 1. The number of hydrogen-bond donors (Lipinski definition) is 1. The molecule has 0 spiro atoms. The number of rotatable bonds is 4. The molecule has 4 nitrogen and oxygen atoms in total. The molecule has 0 radical (unpaired) electrons. The van der Waals surface area contributed by atoms with Crippen LogP contribution in [-0.4, -0.2) is 15.9 Å². The summed E-state index contributed by atoms with van der Waals surface area (Å²) in [4.78, 5) is 4.73. The van der Waals surface area contributed by atoms with Crippen LogP contribution in [0.4, 0.5) is 24.8 Å². The maximum absolute atomic E-state index is 12.3. The van der Waals surface area contributed by atoms with Crippen LogP contribution < -0.4 is 10.1 Å². The summed E-state index contributed by atoms with van der Waals surface area (Å²) in [6.07, 6.45) is -0.0838. The van der Waals surface area contributed by atoms with Crippen molar-refractivity contribution in [3.05, 3.63) is 48.5 Å². The van der Waals surface area contributed by atoms with Crippen LogP contribution in [0.1, 0.15) is 38.6 Å². The number of fused-ring (bicyclic) bond motifs is 1. The molecular formula is C21H22F3N3O. The Morgan fingerprint density at radius 2 is 1.82 bits per heavy atom. The van der Waals surface area contributed by atoms with Crippen LogP contribution in [0, 0.1) is 5.92 Å². The first-order chi connectivity index (χ1) is 13.4. The SMILES string of the molecule is C[C@@H]1CCC[C@H](n2c(Nc3ccc(OC(F)(F)F)cc3)nc3ccccc32)C1. The van der Waals surface area contributed by atoms with Crippen LogP contribution in [0.15, 0.2) is 48.5 Å². The third-order valence-electron chi connectivity index (χ3n) is 5.21. The Hall–Kier alpha value is -2.70. The fourth-order valence-electron chi connectivity index (χ4n) is 4.01. The number of para-hydroxylation sites is 2. The first-order valence-electron chi connectivity index (χ1n) is 9.49. The van der Waals surface area contributed by atoms with Crippen molar-refractivity contribution in [2.45, 2.75) is 45.0 Å². The van der Waals surface area contributed by atoms with Crippen molar-refractivity contribution in [3.8, 4) is 5.75 Å². The molecular weight excluding hydrogens is 367 g/mol. The minimum Gasteiger partial charge on any atom is -0.406 e. The molecule has 0 amide bonds. The molecule has 1 aliphatic carbocycles. The minimum absolute atomic E-state index is 0.243. The highest BCUT2D eigenvalue weighted by molar-refractivity contribution is 5.80. The molecule has 2 aromatic carbocycles. The van der Waals surface area contributed by atoms with E-state index < -0.39 is 6.36 Å². The number of nitrogens with one attached hydrogen (secondary N) is 1. The van der Waals surface area contributed by atoms with E-state index in [1.54, 1.807) is 12.1 Å². The van der Waals surface area contributed by atoms with Gasteiger partial charge < -0.3 is 14.6 Å². The summed E-state index contributed by atoms with van der Waals surface area (Å²) in [5, 5.41) is 3.28. The molecule has 1 heterocycles. The molecule has 0 aliphatic heterocycles. The van der Waals surface area contributed by atoms with Crippen molar-refractivity contribution in [1.29, 1.82) is 0 Å². The number of aromatic nitrogens is 2. The average molecular weight is 389 g/mol. The van der Waals surface area contributed by atoms with E-state index in [0.717, 1.165) is 23.9 Å². The molecule has 0 bridgehead atoms. The lowest BCUT2D eigenvalue weighted by atomic mass is 9.87. The fourth-order valence-corrected chi connectivity index (χ4v) is 4.01. The second-order valence-electron chi connectivity index (χ2n) is 7.42. The van der Waals surface area contributed by atoms with Crippen LogP contribution in [-0.2, 0) is 0 Å². The molecule has 1 aromatic heterocycles. The topological polar surface area (TPSA) is 39.1 Å². The highest BCUT2D eigenvalue weighted by atomic mass is 19.4. The molecule has 1 aliphatic rings. The molecule has 3 aromatic rings. The number of alkyl halides is 3. The zero-order valence-corrected chi connectivity index (χ0v) is 15.5. The van der Waals surface area contributed by atoms with Crippen molar-refractivity contribution in [3.63, 3.8) is 0 Å². The number of nitrogens with zero attached hydrogens (tertiary/aromatic N) is 2. The quantitative estimate of drug-likeness (QED) is 0.559. The molecule has 28 heavy (non-hydrogen) atoms. The van der Waals surface area contributed by atoms with Crippen molar-refractivity contribution >= 4 is 22.7 Å². The molecule has 1 saturated carbocycles. The van der Waals surface area contributed by atoms with Crippen LogP contribution in [0.3, 0.4) is 0 Å². The van der Waals surface area contributed by atoms with E-state index in [1.165, 1.54) is 25.0 Å². The van der Waals surface area contributed by atoms with Gasteiger partial charge in [-0.1, -0.05) is 31.9 Å². The summed E-state index contributed by atoms with van der Waals surface area (Å²) >= 11 is 0. The second kappa shape index (κ2) is 7.37. The molecule has 1 N–H and O–H groups in total. The van der Waals surface area contributed by atoms with Gasteiger partial charge >= 0.3 is 6.36 Å². The summed E-state index contributed by atoms with van der Waals surface area (Å²) in [5.41, 5.74) is 2.64. The zero-order valence-electron chi connectivity index (χ0n) is 15.5. The Morgan fingerprint density at radius 1 is 1.07 bits per heavy atom. The van der Waals surface area contributed by atoms with Gasteiger partial charge in [-0.3, -0.25) is 0 Å². The van der Waals surface area contributed by atoms with E-state index in [1.807, 2.05) is 18.2 Å². The van der Waals surface area contributed by atoms with Crippen LogP contribution in [0.25, 0.3) is 11.0 Å². The predicted octanol–water partition coefficient (Wildman–Crippen LogP) is 6.43. The molecule has 1 fully saturated rings. The van der Waals surface area contributed by atoms with Gasteiger partial charge in [0.05, 0.1) is 11.0 Å². The third-order valence-corrected chi connectivity index (χ3v) is 5.21. The number of hydrogen-bond acceptors (Lipinski definition) is 3. The average Bonchev–Trinajstić information content (AvgIpc) is 3.00. The smallest absolute Gasteiger partial charge is 0.406 e. The van der Waals surface area contributed by atoms with Gasteiger partial charge in [0.15, 0.2) is 0 Å². The van der Waals surface area contributed by atoms with Crippen LogP contribution >= 0.6 is 0 Å². The van der Waals surface area contributed by atoms with Crippen LogP contribution in [0.5, 0.6) is 5.75 Å². The Bertz CT molecular complexity index is 950. The van der Waals surface area contributed by atoms with Gasteiger partial charge in [-0.2, -0.15) is 0 Å². The number of anilines is 2. The second-order valence-corrected chi connectivity index (χ2v) is 7.42. The lowest BCUT2D eigenvalue weighted by Gasteiger charge is -2.29. The maximum atomic E-state index is 12.3. The monoisotopic (exact) mass is 389 g/mol. The molecule has 0 unspecified atom stereocenters. The van der Waals surface area contributed by atoms with E-state index in [-0.39, 0.29) is 5.75 Å². The molecule has 0 saturated heterocycles. The fraction of sp³-hybridized carbons (Fsp3) is 0.381. The van der Waals surface area contributed by atoms with Gasteiger partial charge in [-0.25, -0.2) is 4.98 Å². The highest BCUT2D eigenvalue weighted by Crippen LogP contribution is 2.37. The first-order valence-corrected chi connectivity index (χ1v) is 9.49. The Balaban J connectivity index is 1.64. The number of benzene rings is 2. The third kappa shape index (κ3) is 4.08.